The number of allylic oxidation sites excluding steroid dienone is 3. The van der Waals surface area contributed by atoms with E-state index >= 15 is 0 Å². The van der Waals surface area contributed by atoms with Crippen molar-refractivity contribution >= 4 is 11.7 Å². The van der Waals surface area contributed by atoms with Gasteiger partial charge in [-0.3, -0.25) is 9.79 Å². The number of nitrogens with zero attached hydrogens (tertiary/aromatic N) is 2. The van der Waals surface area contributed by atoms with Crippen molar-refractivity contribution in [2.24, 2.45) is 34.2 Å². The lowest BCUT2D eigenvalue weighted by molar-refractivity contribution is -0.137. The predicted octanol–water partition coefficient (Wildman–Crippen LogP) is 4.48. The zero-order chi connectivity index (χ0) is 29.2. The number of hydrogen-bond acceptors (Lipinski definition) is 5. The fraction of sp³-hybridized carbons (Fsp3) is 0.633. The summed E-state index contributed by atoms with van der Waals surface area (Å²) in [6.07, 6.45) is 4.47. The van der Waals surface area contributed by atoms with Gasteiger partial charge in [-0.1, -0.05) is 24.0 Å². The van der Waals surface area contributed by atoms with E-state index in [2.05, 4.69) is 23.7 Å². The Labute approximate surface area is 235 Å². The molecular formula is C30H42F3N5O2. The van der Waals surface area contributed by atoms with Crippen molar-refractivity contribution in [2.75, 3.05) is 20.3 Å². The fourth-order valence-corrected chi connectivity index (χ4v) is 6.28. The monoisotopic (exact) mass is 561 g/mol. The normalized spacial score (nSPS) is 30.2. The van der Waals surface area contributed by atoms with Gasteiger partial charge in [-0.15, -0.1) is 0 Å². The molecule has 10 heteroatoms. The molecule has 0 aromatic rings. The summed E-state index contributed by atoms with van der Waals surface area (Å²) >= 11 is 0. The van der Waals surface area contributed by atoms with Gasteiger partial charge in [-0.2, -0.15) is 13.2 Å². The molecule has 0 aromatic carbocycles. The predicted molar refractivity (Wildman–Crippen MR) is 150 cm³/mol. The van der Waals surface area contributed by atoms with Crippen molar-refractivity contribution in [3.63, 3.8) is 0 Å². The quantitative estimate of drug-likeness (QED) is 0.184. The first-order valence-electron chi connectivity index (χ1n) is 14.2. The van der Waals surface area contributed by atoms with Gasteiger partial charge in [0.2, 0.25) is 5.91 Å². The second-order valence-electron chi connectivity index (χ2n) is 11.6. The van der Waals surface area contributed by atoms with Gasteiger partial charge in [0.1, 0.15) is 11.4 Å². The summed E-state index contributed by atoms with van der Waals surface area (Å²) in [5.74, 6) is 1.09. The summed E-state index contributed by atoms with van der Waals surface area (Å²) in [6, 6.07) is -0.674. The van der Waals surface area contributed by atoms with Crippen LogP contribution in [-0.2, 0) is 9.53 Å². The van der Waals surface area contributed by atoms with Crippen LogP contribution in [0.5, 0.6) is 0 Å². The van der Waals surface area contributed by atoms with E-state index in [0.717, 1.165) is 38.2 Å². The van der Waals surface area contributed by atoms with Crippen molar-refractivity contribution < 1.29 is 22.7 Å². The van der Waals surface area contributed by atoms with Crippen LogP contribution in [0.1, 0.15) is 58.8 Å². The Morgan fingerprint density at radius 1 is 1.27 bits per heavy atom. The van der Waals surface area contributed by atoms with Crippen LogP contribution in [-0.4, -0.2) is 61.2 Å². The molecule has 1 heterocycles. The largest absolute Gasteiger partial charge is 0.423 e. The molecule has 220 valence electrons. The smallest absolute Gasteiger partial charge is 0.398 e. The summed E-state index contributed by atoms with van der Waals surface area (Å²) in [7, 11) is 1.89. The number of rotatable bonds is 7. The van der Waals surface area contributed by atoms with E-state index in [1.807, 2.05) is 18.9 Å². The molecule has 0 radical (unpaired) electrons. The minimum atomic E-state index is -4.52. The standard InChI is InChI=1S/C30H42F3N5O2/c1-17(2)36-28(37-18(3)24-14-22(15-27(24)35)30(31,32)33)25-13-21(9-10-26(25)34)19-5-7-20(8-6-19)29(39)38(4)23-11-12-40-16-23/h9,15,18-20,23,25-26H,1,5-8,10-13,16,34-35H2,2-4H3,(H,36,37)/t18?,19?,20?,23-,25?,26?/m0/s1. The number of amidine groups is 1. The number of amides is 1. The van der Waals surface area contributed by atoms with Crippen LogP contribution < -0.4 is 16.8 Å². The molecule has 0 aromatic heterocycles. The molecule has 4 aliphatic rings. The molecule has 5 N–H and O–H groups in total. The Balaban J connectivity index is 1.45. The molecule has 4 rings (SSSR count). The van der Waals surface area contributed by atoms with Gasteiger partial charge >= 0.3 is 6.18 Å². The first kappa shape index (κ1) is 30.2. The van der Waals surface area contributed by atoms with Gasteiger partial charge < -0.3 is 26.4 Å². The highest BCUT2D eigenvalue weighted by atomic mass is 19.4. The number of aliphatic imine (C=N–C) groups is 1. The lowest BCUT2D eigenvalue weighted by Gasteiger charge is -2.37. The van der Waals surface area contributed by atoms with Gasteiger partial charge in [0.05, 0.1) is 18.7 Å². The Kier molecular flexibility index (Phi) is 9.33. The SMILES string of the molecule is C=C(C)NC(=NC(C)C1=C=C(C(F)(F)F)C=C1N)C1CC(C2CCC(C(=O)N(C)[C@H]3CCOC3)CC2)=CCC1N. The van der Waals surface area contributed by atoms with E-state index < -0.39 is 17.8 Å². The van der Waals surface area contributed by atoms with Gasteiger partial charge in [0.15, 0.2) is 0 Å². The first-order valence-corrected chi connectivity index (χ1v) is 14.2. The van der Waals surface area contributed by atoms with Gasteiger partial charge in [0.25, 0.3) is 0 Å². The highest BCUT2D eigenvalue weighted by molar-refractivity contribution is 5.87. The third-order valence-corrected chi connectivity index (χ3v) is 8.66. The summed E-state index contributed by atoms with van der Waals surface area (Å²) in [5, 5.41) is 3.23. The minimum absolute atomic E-state index is 0.0178. The number of nitrogens with one attached hydrogen (secondary N) is 1. The first-order chi connectivity index (χ1) is 18.8. The van der Waals surface area contributed by atoms with Gasteiger partial charge in [-0.25, -0.2) is 0 Å². The lowest BCUT2D eigenvalue weighted by atomic mass is 9.72. The molecule has 3 aliphatic carbocycles. The molecule has 4 atom stereocenters. The van der Waals surface area contributed by atoms with Crippen molar-refractivity contribution in [1.82, 2.24) is 10.2 Å². The highest BCUT2D eigenvalue weighted by Crippen LogP contribution is 2.40. The van der Waals surface area contributed by atoms with Crippen LogP contribution in [0, 0.1) is 17.8 Å². The molecule has 1 saturated carbocycles. The Bertz CT molecular complexity index is 1150. The molecule has 7 nitrogen and oxygen atoms in total. The topological polar surface area (TPSA) is 106 Å². The summed E-state index contributed by atoms with van der Waals surface area (Å²) in [4.78, 5) is 19.8. The molecule has 2 fully saturated rings. The summed E-state index contributed by atoms with van der Waals surface area (Å²) in [5.41, 5.74) is 16.2. The maximum absolute atomic E-state index is 13.2. The minimum Gasteiger partial charge on any atom is -0.398 e. The highest BCUT2D eigenvalue weighted by Gasteiger charge is 2.37. The van der Waals surface area contributed by atoms with Crippen LogP contribution >= 0.6 is 0 Å². The van der Waals surface area contributed by atoms with Crippen molar-refractivity contribution in [3.05, 3.63) is 52.6 Å². The molecule has 3 unspecified atom stereocenters. The number of ether oxygens (including phenoxy) is 1. The number of carbonyl (C=O) groups is 1. The molecule has 0 bridgehead atoms. The third-order valence-electron chi connectivity index (χ3n) is 8.66. The Morgan fingerprint density at radius 2 is 1.98 bits per heavy atom. The number of hydrogen-bond donors (Lipinski definition) is 3. The van der Waals surface area contributed by atoms with E-state index in [-0.39, 0.29) is 41.1 Å². The Hall–Kier alpha value is -2.81. The molecular weight excluding hydrogens is 519 g/mol. The van der Waals surface area contributed by atoms with Crippen LogP contribution in [0.3, 0.4) is 0 Å². The van der Waals surface area contributed by atoms with Crippen molar-refractivity contribution in [1.29, 1.82) is 0 Å². The fourth-order valence-electron chi connectivity index (χ4n) is 6.28. The van der Waals surface area contributed by atoms with Crippen molar-refractivity contribution in [2.45, 2.75) is 83.1 Å². The maximum Gasteiger partial charge on any atom is 0.423 e. The van der Waals surface area contributed by atoms with Crippen LogP contribution in [0.25, 0.3) is 0 Å². The number of carbonyl (C=O) groups excluding carboxylic acids is 1. The Morgan fingerprint density at radius 3 is 2.55 bits per heavy atom. The number of likely N-dealkylation sites (N-methyl/N-ethyl adjacent to an activating group) is 1. The summed E-state index contributed by atoms with van der Waals surface area (Å²) in [6.45, 7) is 8.80. The molecule has 1 aliphatic heterocycles. The number of nitrogens with two attached hydrogens (primary N) is 2. The van der Waals surface area contributed by atoms with E-state index in [4.69, 9.17) is 21.2 Å². The molecule has 1 saturated heterocycles. The van der Waals surface area contributed by atoms with Gasteiger partial charge in [0, 0.05) is 48.5 Å². The lowest BCUT2D eigenvalue weighted by Crippen LogP contribution is -2.44. The zero-order valence-corrected chi connectivity index (χ0v) is 23.7. The molecule has 40 heavy (non-hydrogen) atoms. The second-order valence-corrected chi connectivity index (χ2v) is 11.6. The van der Waals surface area contributed by atoms with E-state index in [0.29, 0.717) is 43.5 Å². The zero-order valence-electron chi connectivity index (χ0n) is 23.7. The third kappa shape index (κ3) is 6.90. The van der Waals surface area contributed by atoms with Crippen LogP contribution in [0.2, 0.25) is 0 Å². The van der Waals surface area contributed by atoms with E-state index in [1.165, 1.54) is 5.57 Å². The average molecular weight is 562 g/mol. The van der Waals surface area contributed by atoms with Crippen LogP contribution in [0.15, 0.2) is 57.6 Å². The summed E-state index contributed by atoms with van der Waals surface area (Å²) < 4.78 is 45.1. The van der Waals surface area contributed by atoms with Gasteiger partial charge in [-0.05, 0) is 70.8 Å². The van der Waals surface area contributed by atoms with Crippen molar-refractivity contribution in [3.8, 4) is 0 Å². The van der Waals surface area contributed by atoms with Crippen LogP contribution in [0.4, 0.5) is 13.2 Å². The molecule has 0 spiro atoms. The average Bonchev–Trinajstić information content (AvgIpc) is 3.58. The second kappa shape index (κ2) is 12.4. The molecule has 1 amide bonds. The number of halogens is 3. The maximum atomic E-state index is 13.2. The number of alkyl halides is 3. The van der Waals surface area contributed by atoms with E-state index in [1.54, 1.807) is 6.92 Å². The van der Waals surface area contributed by atoms with E-state index in [9.17, 15) is 18.0 Å².